The van der Waals surface area contributed by atoms with Gasteiger partial charge >= 0.3 is 6.09 Å². The Labute approximate surface area is 264 Å². The van der Waals surface area contributed by atoms with E-state index in [0.717, 1.165) is 44.8 Å². The van der Waals surface area contributed by atoms with E-state index in [0.29, 0.717) is 54.0 Å². The number of morpholine rings is 1. The van der Waals surface area contributed by atoms with Crippen molar-refractivity contribution in [3.63, 3.8) is 0 Å². The standard InChI is InChI=1S/C33H35ClF3N3O5/c1-43-32(42)40-31(30(20-2-4-23(34)5-3-20)21-12-24(35)15-25(36)13-21)29(41)14-22-16-38-18-28(37)27(22)7-6-26-17-39-19-33(45-26)8-10-44-11-9-33/h2-5,12-13,15-16,18,26,30-31,39H,6-11,14,17,19H2,1H3,(H,40,42)/t26-,30+,31-/m1/s1. The predicted molar refractivity (Wildman–Crippen MR) is 161 cm³/mol. The maximum atomic E-state index is 15.3. The van der Waals surface area contributed by atoms with Gasteiger partial charge in [-0.15, -0.1) is 0 Å². The number of alkyl carbamates (subject to hydrolysis) is 1. The van der Waals surface area contributed by atoms with Crippen molar-refractivity contribution in [2.24, 2.45) is 0 Å². The van der Waals surface area contributed by atoms with Gasteiger partial charge in [-0.3, -0.25) is 9.78 Å². The molecular weight excluding hydrogens is 611 g/mol. The molecule has 0 unspecified atom stereocenters. The number of rotatable bonds is 10. The lowest BCUT2D eigenvalue weighted by Gasteiger charge is -2.44. The fourth-order valence-corrected chi connectivity index (χ4v) is 6.30. The Morgan fingerprint density at radius 1 is 1.09 bits per heavy atom. The van der Waals surface area contributed by atoms with Crippen molar-refractivity contribution in [1.82, 2.24) is 15.6 Å². The molecule has 1 amide bonds. The van der Waals surface area contributed by atoms with Gasteiger partial charge in [0.15, 0.2) is 5.78 Å². The number of hydrogen-bond donors (Lipinski definition) is 2. The van der Waals surface area contributed by atoms with Gasteiger partial charge < -0.3 is 24.8 Å². The Morgan fingerprint density at radius 2 is 1.80 bits per heavy atom. The molecule has 240 valence electrons. The van der Waals surface area contributed by atoms with E-state index in [2.05, 4.69) is 15.6 Å². The summed E-state index contributed by atoms with van der Waals surface area (Å²) in [5.74, 6) is -3.86. The topological polar surface area (TPSA) is 98.8 Å². The first kappa shape index (κ1) is 32.9. The second-order valence-electron chi connectivity index (χ2n) is 11.5. The summed E-state index contributed by atoms with van der Waals surface area (Å²) in [6, 6.07) is 7.91. The number of benzene rings is 2. The van der Waals surface area contributed by atoms with Crippen LogP contribution >= 0.6 is 11.6 Å². The molecule has 12 heteroatoms. The van der Waals surface area contributed by atoms with E-state index in [1.165, 1.54) is 6.20 Å². The third kappa shape index (κ3) is 8.21. The van der Waals surface area contributed by atoms with Gasteiger partial charge in [-0.05, 0) is 59.4 Å². The number of Topliss-reactive ketones (excluding diaryl/α,β-unsaturated/α-hetero) is 1. The van der Waals surface area contributed by atoms with E-state index in [1.807, 2.05) is 0 Å². The smallest absolute Gasteiger partial charge is 0.407 e. The van der Waals surface area contributed by atoms with Crippen LogP contribution in [0.2, 0.25) is 5.02 Å². The lowest BCUT2D eigenvalue weighted by molar-refractivity contribution is -0.160. The molecule has 8 nitrogen and oxygen atoms in total. The van der Waals surface area contributed by atoms with Gasteiger partial charge in [0.25, 0.3) is 0 Å². The van der Waals surface area contributed by atoms with Crippen LogP contribution in [0, 0.1) is 17.5 Å². The largest absolute Gasteiger partial charge is 0.453 e. The minimum atomic E-state index is -1.35. The summed E-state index contributed by atoms with van der Waals surface area (Å²) >= 11 is 6.09. The van der Waals surface area contributed by atoms with Gasteiger partial charge in [-0.25, -0.2) is 18.0 Å². The Balaban J connectivity index is 1.42. The second-order valence-corrected chi connectivity index (χ2v) is 11.9. The maximum Gasteiger partial charge on any atom is 0.407 e. The normalized spacial score (nSPS) is 19.1. The zero-order valence-electron chi connectivity index (χ0n) is 24.8. The van der Waals surface area contributed by atoms with Crippen LogP contribution in [-0.4, -0.2) is 68.0 Å². The summed E-state index contributed by atoms with van der Waals surface area (Å²) in [6.45, 7) is 2.59. The molecule has 2 aliphatic heterocycles. The molecule has 2 aromatic carbocycles. The summed E-state index contributed by atoms with van der Waals surface area (Å²) in [5, 5.41) is 6.38. The van der Waals surface area contributed by atoms with E-state index in [9.17, 15) is 18.4 Å². The molecular formula is C33H35ClF3N3O5. The van der Waals surface area contributed by atoms with Gasteiger partial charge in [-0.2, -0.15) is 0 Å². The summed E-state index contributed by atoms with van der Waals surface area (Å²) in [7, 11) is 1.14. The molecule has 0 aliphatic carbocycles. The predicted octanol–water partition coefficient (Wildman–Crippen LogP) is 5.29. The number of amides is 1. The Bertz CT molecular complexity index is 1480. The Kier molecular flexibility index (Phi) is 10.8. The monoisotopic (exact) mass is 645 g/mol. The van der Waals surface area contributed by atoms with Crippen molar-refractivity contribution < 1.29 is 37.0 Å². The summed E-state index contributed by atoms with van der Waals surface area (Å²) < 4.78 is 60.9. The van der Waals surface area contributed by atoms with Crippen molar-refractivity contribution in [2.75, 3.05) is 33.4 Å². The van der Waals surface area contributed by atoms with Crippen molar-refractivity contribution in [1.29, 1.82) is 0 Å². The van der Waals surface area contributed by atoms with Gasteiger partial charge in [-0.1, -0.05) is 23.7 Å². The fourth-order valence-electron chi connectivity index (χ4n) is 6.17. The minimum absolute atomic E-state index is 0.103. The van der Waals surface area contributed by atoms with Crippen molar-refractivity contribution >= 4 is 23.5 Å². The van der Waals surface area contributed by atoms with E-state index in [-0.39, 0.29) is 30.1 Å². The number of nitrogens with one attached hydrogen (secondary N) is 2. The molecule has 5 rings (SSSR count). The number of carbonyl (C=O) groups is 2. The zero-order chi connectivity index (χ0) is 32.0. The van der Waals surface area contributed by atoms with Gasteiger partial charge in [0, 0.05) is 68.8 Å². The van der Waals surface area contributed by atoms with Gasteiger partial charge in [0.2, 0.25) is 0 Å². The molecule has 1 spiro atoms. The fraction of sp³-hybridized carbons (Fsp3) is 0.424. The van der Waals surface area contributed by atoms with Crippen LogP contribution in [0.5, 0.6) is 0 Å². The molecule has 45 heavy (non-hydrogen) atoms. The molecule has 3 aromatic rings. The molecule has 2 aliphatic rings. The molecule has 2 N–H and O–H groups in total. The number of carbonyl (C=O) groups excluding carboxylic acids is 2. The molecule has 2 fully saturated rings. The summed E-state index contributed by atoms with van der Waals surface area (Å²) in [6.07, 6.45) is 3.44. The molecule has 1 aromatic heterocycles. The molecule has 3 heterocycles. The molecule has 3 atom stereocenters. The zero-order valence-corrected chi connectivity index (χ0v) is 25.5. The number of pyridine rings is 1. The maximum absolute atomic E-state index is 15.3. The van der Waals surface area contributed by atoms with Crippen molar-refractivity contribution in [3.05, 3.63) is 99.6 Å². The minimum Gasteiger partial charge on any atom is -0.453 e. The lowest BCUT2D eigenvalue weighted by atomic mass is 9.81. The molecule has 2 saturated heterocycles. The average molecular weight is 646 g/mol. The summed E-state index contributed by atoms with van der Waals surface area (Å²) in [4.78, 5) is 30.6. The number of hydrogen-bond acceptors (Lipinski definition) is 7. The highest BCUT2D eigenvalue weighted by atomic mass is 35.5. The van der Waals surface area contributed by atoms with Crippen molar-refractivity contribution in [2.45, 2.75) is 55.8 Å². The van der Waals surface area contributed by atoms with Crippen LogP contribution in [0.1, 0.15) is 47.4 Å². The summed E-state index contributed by atoms with van der Waals surface area (Å²) in [5.41, 5.74) is 0.898. The van der Waals surface area contributed by atoms with Crippen molar-refractivity contribution in [3.8, 4) is 0 Å². The quantitative estimate of drug-likeness (QED) is 0.309. The highest BCUT2D eigenvalue weighted by Gasteiger charge is 2.39. The van der Waals surface area contributed by atoms with Gasteiger partial charge in [0.05, 0.1) is 25.0 Å². The second kappa shape index (κ2) is 14.7. The number of nitrogens with zero attached hydrogens (tertiary/aromatic N) is 1. The highest BCUT2D eigenvalue weighted by molar-refractivity contribution is 6.30. The first-order valence-electron chi connectivity index (χ1n) is 14.8. The Morgan fingerprint density at radius 3 is 2.49 bits per heavy atom. The van der Waals surface area contributed by atoms with Crippen LogP contribution in [0.25, 0.3) is 0 Å². The average Bonchev–Trinajstić information content (AvgIpc) is 3.01. The first-order chi connectivity index (χ1) is 21.7. The Hall–Kier alpha value is -3.51. The van der Waals surface area contributed by atoms with E-state index >= 15 is 4.39 Å². The van der Waals surface area contributed by atoms with E-state index in [1.54, 1.807) is 24.3 Å². The third-order valence-electron chi connectivity index (χ3n) is 8.43. The van der Waals surface area contributed by atoms with Crippen LogP contribution < -0.4 is 10.6 Å². The number of ether oxygens (including phenoxy) is 3. The van der Waals surface area contributed by atoms with E-state index < -0.39 is 41.3 Å². The van der Waals surface area contributed by atoms with Crippen LogP contribution in [0.15, 0.2) is 54.9 Å². The first-order valence-corrected chi connectivity index (χ1v) is 15.2. The molecule has 0 radical (unpaired) electrons. The molecule has 0 bridgehead atoms. The number of ketones is 1. The highest BCUT2D eigenvalue weighted by Crippen LogP contribution is 2.33. The lowest BCUT2D eigenvalue weighted by Crippen LogP contribution is -2.56. The van der Waals surface area contributed by atoms with Crippen LogP contribution in [0.4, 0.5) is 18.0 Å². The van der Waals surface area contributed by atoms with Gasteiger partial charge in [0.1, 0.15) is 23.5 Å². The number of aromatic nitrogens is 1. The number of halogens is 4. The van der Waals surface area contributed by atoms with Crippen LogP contribution in [-0.2, 0) is 31.8 Å². The van der Waals surface area contributed by atoms with Crippen LogP contribution in [0.3, 0.4) is 0 Å². The van der Waals surface area contributed by atoms with E-state index in [4.69, 9.17) is 25.8 Å². The SMILES string of the molecule is COC(=O)N[C@H](C(=O)Cc1cncc(F)c1CC[C@@H]1CNCC2(CCOCC2)O1)[C@@H](c1ccc(Cl)cc1)c1cc(F)cc(F)c1. The third-order valence-corrected chi connectivity index (χ3v) is 8.68. The number of methoxy groups -OCH3 is 1. The molecule has 0 saturated carbocycles.